The van der Waals surface area contributed by atoms with Gasteiger partial charge in [0, 0.05) is 10.5 Å². The second-order valence-electron chi connectivity index (χ2n) is 6.35. The molecule has 0 fully saturated rings. The molecule has 4 aromatic rings. The van der Waals surface area contributed by atoms with Crippen molar-refractivity contribution in [3.8, 4) is 5.75 Å². The molecule has 0 aliphatic heterocycles. The molecule has 0 bridgehead atoms. The molecule has 0 unspecified atom stereocenters. The van der Waals surface area contributed by atoms with Gasteiger partial charge in [-0.25, -0.2) is 9.48 Å². The van der Waals surface area contributed by atoms with Crippen LogP contribution in [-0.4, -0.2) is 32.4 Å². The standard InChI is InChI=1S/C21H16N4O4/c26-21(15-8-2-1-3-9-15)29-20-13-7-4-10-16(20)19(14-24(27)28)25-18-12-6-5-11-17(18)22-23-25/h1-13,19H,14H2/t19-/m0/s1. The lowest BCUT2D eigenvalue weighted by Crippen LogP contribution is -2.22. The van der Waals surface area contributed by atoms with E-state index in [0.29, 0.717) is 22.2 Å². The van der Waals surface area contributed by atoms with Crippen LogP contribution >= 0.6 is 0 Å². The molecule has 144 valence electrons. The van der Waals surface area contributed by atoms with Gasteiger partial charge >= 0.3 is 5.97 Å². The Balaban J connectivity index is 1.76. The first kappa shape index (κ1) is 18.3. The fraction of sp³-hybridized carbons (Fsp3) is 0.0952. The van der Waals surface area contributed by atoms with Crippen molar-refractivity contribution in [3.63, 3.8) is 0 Å². The van der Waals surface area contributed by atoms with Crippen molar-refractivity contribution >= 4 is 17.0 Å². The molecule has 0 saturated heterocycles. The predicted octanol–water partition coefficient (Wildman–Crippen LogP) is 3.52. The summed E-state index contributed by atoms with van der Waals surface area (Å²) in [5.41, 5.74) is 2.15. The summed E-state index contributed by atoms with van der Waals surface area (Å²) in [5.74, 6) is -0.297. The number of para-hydroxylation sites is 2. The van der Waals surface area contributed by atoms with Crippen LogP contribution in [0.15, 0.2) is 78.9 Å². The van der Waals surface area contributed by atoms with Crippen molar-refractivity contribution in [2.75, 3.05) is 6.54 Å². The van der Waals surface area contributed by atoms with Gasteiger partial charge in [-0.1, -0.05) is 53.7 Å². The van der Waals surface area contributed by atoms with Gasteiger partial charge in [0.1, 0.15) is 17.3 Å². The monoisotopic (exact) mass is 388 g/mol. The van der Waals surface area contributed by atoms with E-state index < -0.39 is 23.5 Å². The molecule has 1 atom stereocenters. The van der Waals surface area contributed by atoms with E-state index in [1.807, 2.05) is 12.1 Å². The molecular formula is C21H16N4O4. The number of ether oxygens (including phenoxy) is 1. The normalized spacial score (nSPS) is 11.9. The molecule has 8 heteroatoms. The lowest BCUT2D eigenvalue weighted by molar-refractivity contribution is -0.484. The summed E-state index contributed by atoms with van der Waals surface area (Å²) in [4.78, 5) is 23.5. The highest BCUT2D eigenvalue weighted by molar-refractivity contribution is 5.91. The lowest BCUT2D eigenvalue weighted by Gasteiger charge is -2.17. The fourth-order valence-corrected chi connectivity index (χ4v) is 3.15. The molecule has 29 heavy (non-hydrogen) atoms. The number of carbonyl (C=O) groups excluding carboxylic acids is 1. The van der Waals surface area contributed by atoms with E-state index in [2.05, 4.69) is 10.3 Å². The maximum Gasteiger partial charge on any atom is 0.343 e. The van der Waals surface area contributed by atoms with Gasteiger partial charge in [-0.3, -0.25) is 10.1 Å². The molecule has 0 radical (unpaired) electrons. The zero-order valence-electron chi connectivity index (χ0n) is 15.2. The third-order valence-corrected chi connectivity index (χ3v) is 4.48. The van der Waals surface area contributed by atoms with E-state index in [0.717, 1.165) is 0 Å². The van der Waals surface area contributed by atoms with E-state index in [9.17, 15) is 14.9 Å². The van der Waals surface area contributed by atoms with Gasteiger partial charge in [0.25, 0.3) is 0 Å². The van der Waals surface area contributed by atoms with Crippen LogP contribution in [0.5, 0.6) is 5.75 Å². The molecule has 3 aromatic carbocycles. The van der Waals surface area contributed by atoms with Crippen molar-refractivity contribution < 1.29 is 14.5 Å². The van der Waals surface area contributed by atoms with Crippen LogP contribution in [-0.2, 0) is 0 Å². The number of hydrogen-bond acceptors (Lipinski definition) is 6. The second kappa shape index (κ2) is 7.89. The van der Waals surface area contributed by atoms with Crippen molar-refractivity contribution in [3.05, 3.63) is 100 Å². The topological polar surface area (TPSA) is 100 Å². The summed E-state index contributed by atoms with van der Waals surface area (Å²) in [7, 11) is 0. The van der Waals surface area contributed by atoms with Crippen LogP contribution in [0.2, 0.25) is 0 Å². The Kier molecular flexibility index (Phi) is 4.98. The zero-order valence-corrected chi connectivity index (χ0v) is 15.2. The number of rotatable bonds is 6. The number of nitrogens with zero attached hydrogens (tertiary/aromatic N) is 4. The highest BCUT2D eigenvalue weighted by Crippen LogP contribution is 2.30. The first-order valence-corrected chi connectivity index (χ1v) is 8.91. The predicted molar refractivity (Wildman–Crippen MR) is 105 cm³/mol. The van der Waals surface area contributed by atoms with Crippen molar-refractivity contribution in [1.29, 1.82) is 0 Å². The van der Waals surface area contributed by atoms with Crippen LogP contribution < -0.4 is 4.74 Å². The summed E-state index contributed by atoms with van der Waals surface area (Å²) in [6.07, 6.45) is 0. The van der Waals surface area contributed by atoms with Crippen LogP contribution in [0.3, 0.4) is 0 Å². The maximum atomic E-state index is 12.5. The Bertz CT molecular complexity index is 1170. The van der Waals surface area contributed by atoms with Gasteiger partial charge in [-0.15, -0.1) is 5.10 Å². The number of hydrogen-bond donors (Lipinski definition) is 0. The second-order valence-corrected chi connectivity index (χ2v) is 6.35. The smallest absolute Gasteiger partial charge is 0.343 e. The van der Waals surface area contributed by atoms with Gasteiger partial charge in [0.15, 0.2) is 0 Å². The van der Waals surface area contributed by atoms with Gasteiger partial charge in [-0.05, 0) is 30.3 Å². The van der Waals surface area contributed by atoms with Crippen LogP contribution in [0.4, 0.5) is 0 Å². The summed E-state index contributed by atoms with van der Waals surface area (Å²) < 4.78 is 7.07. The fourth-order valence-electron chi connectivity index (χ4n) is 3.15. The SMILES string of the molecule is O=C(Oc1ccccc1[C@H](C[N+](=O)[O-])n1nnc2ccccc21)c1ccccc1. The van der Waals surface area contributed by atoms with Crippen molar-refractivity contribution in [2.45, 2.75) is 6.04 Å². The zero-order chi connectivity index (χ0) is 20.2. The summed E-state index contributed by atoms with van der Waals surface area (Å²) in [5, 5.41) is 19.6. The Morgan fingerprint density at radius 1 is 1.00 bits per heavy atom. The molecule has 0 aliphatic rings. The van der Waals surface area contributed by atoms with E-state index >= 15 is 0 Å². The minimum absolute atomic E-state index is 0.243. The molecular weight excluding hydrogens is 372 g/mol. The van der Waals surface area contributed by atoms with E-state index in [1.54, 1.807) is 66.7 Å². The molecule has 0 saturated carbocycles. The Hall–Kier alpha value is -4.07. The van der Waals surface area contributed by atoms with E-state index in [4.69, 9.17) is 4.74 Å². The van der Waals surface area contributed by atoms with Crippen LogP contribution in [0.1, 0.15) is 22.0 Å². The molecule has 0 N–H and O–H groups in total. The third-order valence-electron chi connectivity index (χ3n) is 4.48. The van der Waals surface area contributed by atoms with Gasteiger partial charge < -0.3 is 4.74 Å². The molecule has 0 aliphatic carbocycles. The van der Waals surface area contributed by atoms with Gasteiger partial charge in [0.2, 0.25) is 6.54 Å². The number of benzene rings is 3. The number of fused-ring (bicyclic) bond motifs is 1. The first-order chi connectivity index (χ1) is 14.1. The highest BCUT2D eigenvalue weighted by Gasteiger charge is 2.27. The number of esters is 1. The maximum absolute atomic E-state index is 12.5. The summed E-state index contributed by atoms with van der Waals surface area (Å²) in [6, 6.07) is 21.7. The average molecular weight is 388 g/mol. The molecule has 4 rings (SSSR count). The molecule has 0 amide bonds. The Morgan fingerprint density at radius 3 is 2.48 bits per heavy atom. The number of carbonyl (C=O) groups is 1. The molecule has 1 heterocycles. The van der Waals surface area contributed by atoms with Crippen molar-refractivity contribution in [2.24, 2.45) is 0 Å². The molecule has 0 spiro atoms. The average Bonchev–Trinajstić information content (AvgIpc) is 3.17. The lowest BCUT2D eigenvalue weighted by atomic mass is 10.1. The number of aromatic nitrogens is 3. The molecule has 1 aromatic heterocycles. The largest absolute Gasteiger partial charge is 0.423 e. The summed E-state index contributed by atoms with van der Waals surface area (Å²) in [6.45, 7) is -0.437. The van der Waals surface area contributed by atoms with Gasteiger partial charge in [-0.2, -0.15) is 0 Å². The minimum Gasteiger partial charge on any atom is -0.423 e. The summed E-state index contributed by atoms with van der Waals surface area (Å²) >= 11 is 0. The Morgan fingerprint density at radius 2 is 1.69 bits per heavy atom. The quantitative estimate of drug-likeness (QED) is 0.217. The minimum atomic E-state index is -0.794. The molecule has 8 nitrogen and oxygen atoms in total. The van der Waals surface area contributed by atoms with Crippen molar-refractivity contribution in [1.82, 2.24) is 15.0 Å². The number of nitro groups is 1. The highest BCUT2D eigenvalue weighted by atomic mass is 16.6. The van der Waals surface area contributed by atoms with Gasteiger partial charge in [0.05, 0.1) is 11.1 Å². The third kappa shape index (κ3) is 3.81. The van der Waals surface area contributed by atoms with Crippen LogP contribution in [0.25, 0.3) is 11.0 Å². The van der Waals surface area contributed by atoms with Crippen LogP contribution in [0, 0.1) is 10.1 Å². The van der Waals surface area contributed by atoms with E-state index in [-0.39, 0.29) is 5.75 Å². The van der Waals surface area contributed by atoms with E-state index in [1.165, 1.54) is 4.68 Å². The first-order valence-electron chi connectivity index (χ1n) is 8.91. The Labute approximate surface area is 165 Å².